The van der Waals surface area contributed by atoms with Gasteiger partial charge >= 0.3 is 0 Å². The second-order valence-electron chi connectivity index (χ2n) is 5.54. The van der Waals surface area contributed by atoms with Crippen LogP contribution in [0.25, 0.3) is 0 Å². The average Bonchev–Trinajstić information content (AvgIpc) is 2.12. The quantitative estimate of drug-likeness (QED) is 0.566. The van der Waals surface area contributed by atoms with E-state index in [1.54, 1.807) is 14.0 Å². The van der Waals surface area contributed by atoms with Crippen LogP contribution < -0.4 is 0 Å². The van der Waals surface area contributed by atoms with E-state index in [0.717, 1.165) is 0 Å². The highest BCUT2D eigenvalue weighted by Crippen LogP contribution is 2.37. The predicted octanol–water partition coefficient (Wildman–Crippen LogP) is 2.42. The van der Waals surface area contributed by atoms with Crippen LogP contribution in [-0.2, 0) is 14.1 Å². The Labute approximate surface area is 100.0 Å². The second-order valence-corrected chi connectivity index (χ2v) is 10.3. The third kappa shape index (κ3) is 3.88. The highest BCUT2D eigenvalue weighted by atomic mass is 28.4. The number of nitrogens with zero attached hydrogens (tertiary/aromatic N) is 1. The molecule has 0 radical (unpaired) electrons. The Balaban J connectivity index is 4.57. The standard InChI is InChI=1S/C11H25NO3Si/c1-9(10(13)12(5)14-6)15-16(7,8)11(2,3)4/h9H,1-8H3/t9-/m0/s1. The van der Waals surface area contributed by atoms with Crippen LogP contribution in [0.2, 0.25) is 18.1 Å². The van der Waals surface area contributed by atoms with Gasteiger partial charge in [-0.05, 0) is 25.1 Å². The third-order valence-electron chi connectivity index (χ3n) is 3.21. The molecule has 0 rings (SSSR count). The summed E-state index contributed by atoms with van der Waals surface area (Å²) in [7, 11) is 1.17. The van der Waals surface area contributed by atoms with Crippen LogP contribution in [0.15, 0.2) is 0 Å². The molecular formula is C11H25NO3Si. The highest BCUT2D eigenvalue weighted by Gasteiger charge is 2.40. The molecule has 1 atom stereocenters. The van der Waals surface area contributed by atoms with Gasteiger partial charge in [0.1, 0.15) is 6.10 Å². The van der Waals surface area contributed by atoms with Crippen molar-refractivity contribution < 1.29 is 14.1 Å². The summed E-state index contributed by atoms with van der Waals surface area (Å²) in [4.78, 5) is 16.6. The van der Waals surface area contributed by atoms with Crippen molar-refractivity contribution in [3.05, 3.63) is 0 Å². The summed E-state index contributed by atoms with van der Waals surface area (Å²) in [5, 5.41) is 1.31. The molecule has 0 N–H and O–H groups in total. The van der Waals surface area contributed by atoms with Crippen molar-refractivity contribution in [3.63, 3.8) is 0 Å². The van der Waals surface area contributed by atoms with Gasteiger partial charge in [-0.25, -0.2) is 5.06 Å². The SMILES string of the molecule is CON(C)C(=O)[C@H](C)O[Si](C)(C)C(C)(C)C. The van der Waals surface area contributed by atoms with Crippen molar-refractivity contribution in [2.45, 2.75) is 51.9 Å². The molecule has 0 unspecified atom stereocenters. The van der Waals surface area contributed by atoms with Gasteiger partial charge in [0.05, 0.1) is 7.11 Å². The van der Waals surface area contributed by atoms with Crippen molar-refractivity contribution in [1.29, 1.82) is 0 Å². The first-order valence-electron chi connectivity index (χ1n) is 5.52. The zero-order valence-electron chi connectivity index (χ0n) is 11.7. The molecule has 16 heavy (non-hydrogen) atoms. The Bertz CT molecular complexity index is 248. The molecule has 4 nitrogen and oxygen atoms in total. The van der Waals surface area contributed by atoms with Crippen LogP contribution in [-0.4, -0.2) is 39.5 Å². The second kappa shape index (κ2) is 5.29. The maximum Gasteiger partial charge on any atom is 0.273 e. The molecule has 5 heteroatoms. The van der Waals surface area contributed by atoms with E-state index in [9.17, 15) is 4.79 Å². The molecule has 0 fully saturated rings. The zero-order chi connectivity index (χ0) is 13.1. The number of amides is 1. The first-order chi connectivity index (χ1) is 7.03. The van der Waals surface area contributed by atoms with Crippen LogP contribution in [0, 0.1) is 0 Å². The molecule has 0 aliphatic rings. The Morgan fingerprint density at radius 1 is 1.31 bits per heavy atom. The summed E-state index contributed by atoms with van der Waals surface area (Å²) < 4.78 is 5.95. The molecule has 0 aromatic rings. The number of likely N-dealkylation sites (N-methyl/N-ethyl adjacent to an activating group) is 1. The van der Waals surface area contributed by atoms with Crippen LogP contribution >= 0.6 is 0 Å². The summed E-state index contributed by atoms with van der Waals surface area (Å²) in [5.41, 5.74) is 0. The highest BCUT2D eigenvalue weighted by molar-refractivity contribution is 6.74. The number of hydrogen-bond donors (Lipinski definition) is 0. The van der Waals surface area contributed by atoms with Gasteiger partial charge in [0.25, 0.3) is 5.91 Å². The number of hydrogen-bond acceptors (Lipinski definition) is 3. The fourth-order valence-corrected chi connectivity index (χ4v) is 2.35. The van der Waals surface area contributed by atoms with E-state index in [-0.39, 0.29) is 10.9 Å². The molecule has 0 aliphatic heterocycles. The summed E-state index contributed by atoms with van der Waals surface area (Å²) >= 11 is 0. The molecule has 0 saturated heterocycles. The van der Waals surface area contributed by atoms with Crippen molar-refractivity contribution in [2.75, 3.05) is 14.2 Å². The van der Waals surface area contributed by atoms with Crippen molar-refractivity contribution in [2.24, 2.45) is 0 Å². The van der Waals surface area contributed by atoms with E-state index in [0.29, 0.717) is 0 Å². The molecule has 0 aliphatic carbocycles. The maximum absolute atomic E-state index is 11.8. The minimum atomic E-state index is -1.89. The minimum absolute atomic E-state index is 0.104. The van der Waals surface area contributed by atoms with Crippen molar-refractivity contribution in [3.8, 4) is 0 Å². The molecule has 0 heterocycles. The van der Waals surface area contributed by atoms with Gasteiger partial charge in [-0.3, -0.25) is 9.63 Å². The number of carbonyl (C=O) groups is 1. The van der Waals surface area contributed by atoms with E-state index in [4.69, 9.17) is 9.26 Å². The Morgan fingerprint density at radius 3 is 2.06 bits per heavy atom. The lowest BCUT2D eigenvalue weighted by molar-refractivity contribution is -0.176. The van der Waals surface area contributed by atoms with Gasteiger partial charge in [-0.15, -0.1) is 0 Å². The van der Waals surface area contributed by atoms with Crippen LogP contribution in [0.1, 0.15) is 27.7 Å². The number of hydroxylamine groups is 2. The van der Waals surface area contributed by atoms with Gasteiger partial charge in [0, 0.05) is 7.05 Å². The fraction of sp³-hybridized carbons (Fsp3) is 0.909. The topological polar surface area (TPSA) is 38.8 Å². The lowest BCUT2D eigenvalue weighted by atomic mass is 10.2. The predicted molar refractivity (Wildman–Crippen MR) is 67.5 cm³/mol. The van der Waals surface area contributed by atoms with Crippen LogP contribution in [0.3, 0.4) is 0 Å². The molecule has 0 spiro atoms. The van der Waals surface area contributed by atoms with Gasteiger partial charge < -0.3 is 4.43 Å². The maximum atomic E-state index is 11.8. The Hall–Kier alpha value is -0.393. The molecule has 96 valence electrons. The van der Waals surface area contributed by atoms with E-state index in [1.807, 2.05) is 0 Å². The monoisotopic (exact) mass is 247 g/mol. The lowest BCUT2D eigenvalue weighted by Gasteiger charge is -2.38. The van der Waals surface area contributed by atoms with Crippen LogP contribution in [0.4, 0.5) is 0 Å². The van der Waals surface area contributed by atoms with Crippen molar-refractivity contribution in [1.82, 2.24) is 5.06 Å². The largest absolute Gasteiger partial charge is 0.405 e. The fourth-order valence-electron chi connectivity index (χ4n) is 1.02. The first kappa shape index (κ1) is 15.6. The van der Waals surface area contributed by atoms with Gasteiger partial charge in [0.15, 0.2) is 8.32 Å². The third-order valence-corrected chi connectivity index (χ3v) is 7.76. The van der Waals surface area contributed by atoms with Gasteiger partial charge in [-0.1, -0.05) is 20.8 Å². The normalized spacial score (nSPS) is 14.8. The van der Waals surface area contributed by atoms with E-state index < -0.39 is 14.4 Å². The van der Waals surface area contributed by atoms with Gasteiger partial charge in [0.2, 0.25) is 0 Å². The smallest absolute Gasteiger partial charge is 0.273 e. The summed E-state index contributed by atoms with van der Waals surface area (Å²) in [5.74, 6) is -0.146. The molecular weight excluding hydrogens is 222 g/mol. The molecule has 0 aromatic carbocycles. The summed E-state index contributed by atoms with van der Waals surface area (Å²) in [6.07, 6.45) is -0.453. The van der Waals surface area contributed by atoms with E-state index >= 15 is 0 Å². The van der Waals surface area contributed by atoms with Crippen LogP contribution in [0.5, 0.6) is 0 Å². The molecule has 1 amide bonds. The van der Waals surface area contributed by atoms with Gasteiger partial charge in [-0.2, -0.15) is 0 Å². The summed E-state index contributed by atoms with van der Waals surface area (Å²) in [6.45, 7) is 12.5. The number of carbonyl (C=O) groups excluding carboxylic acids is 1. The number of rotatable bonds is 4. The zero-order valence-corrected chi connectivity index (χ0v) is 12.7. The Morgan fingerprint density at radius 2 is 1.75 bits per heavy atom. The lowest BCUT2D eigenvalue weighted by Crippen LogP contribution is -2.47. The first-order valence-corrected chi connectivity index (χ1v) is 8.43. The minimum Gasteiger partial charge on any atom is -0.405 e. The summed E-state index contributed by atoms with van der Waals surface area (Å²) in [6, 6.07) is 0. The molecule has 0 bridgehead atoms. The van der Waals surface area contributed by atoms with E-state index in [1.165, 1.54) is 12.2 Å². The molecule has 0 aromatic heterocycles. The molecule has 0 saturated carbocycles. The average molecular weight is 247 g/mol. The van der Waals surface area contributed by atoms with Crippen molar-refractivity contribution >= 4 is 14.2 Å². The van der Waals surface area contributed by atoms with E-state index in [2.05, 4.69) is 33.9 Å². The Kier molecular flexibility index (Phi) is 5.16.